The number of thioether (sulfide) groups is 2. The molecule has 0 saturated carbocycles. The number of amides is 4. The first kappa shape index (κ1) is 43.1. The van der Waals surface area contributed by atoms with E-state index >= 15 is 0 Å². The molecule has 2 aliphatic heterocycles. The van der Waals surface area contributed by atoms with Gasteiger partial charge >= 0.3 is 29.6 Å². The van der Waals surface area contributed by atoms with Crippen LogP contribution in [0.5, 0.6) is 11.5 Å². The number of nitrogen functional groups attached to an aromatic ring is 1. The van der Waals surface area contributed by atoms with Gasteiger partial charge in [-0.3, -0.25) is 34.9 Å². The number of thiazole rings is 1. The summed E-state index contributed by atoms with van der Waals surface area (Å²) in [7, 11) is 0. The average molecular weight is 850 g/mol. The summed E-state index contributed by atoms with van der Waals surface area (Å²) in [5.41, 5.74) is 8.32. The number of aliphatic carboxylic acids is 1. The molecule has 0 spiro atoms. The van der Waals surface area contributed by atoms with E-state index < -0.39 is 69.9 Å². The van der Waals surface area contributed by atoms with E-state index in [9.17, 15) is 44.4 Å². The summed E-state index contributed by atoms with van der Waals surface area (Å²) in [5, 5.41) is 53.4. The topological polar surface area (TPSA) is 312 Å². The van der Waals surface area contributed by atoms with Crippen LogP contribution in [0.2, 0.25) is 0 Å². The van der Waals surface area contributed by atoms with Gasteiger partial charge in [0.05, 0.1) is 11.7 Å². The van der Waals surface area contributed by atoms with E-state index in [0.29, 0.717) is 16.3 Å². The fourth-order valence-electron chi connectivity index (χ4n) is 5.21. The number of hydrogen-bond donors (Lipinski definition) is 7. The largest absolute Gasteiger partial charge is 1.00 e. The van der Waals surface area contributed by atoms with Gasteiger partial charge in [-0.2, -0.15) is 9.50 Å². The van der Waals surface area contributed by atoms with Crippen LogP contribution < -0.4 is 56.6 Å². The number of aromatic hydroxyl groups is 2. The maximum Gasteiger partial charge on any atom is 1.00 e. The fourth-order valence-corrected chi connectivity index (χ4v) is 8.29. The number of carbonyl (C=O) groups is 5. The molecule has 0 radical (unpaired) electrons. The van der Waals surface area contributed by atoms with Crippen molar-refractivity contribution in [3.8, 4) is 11.5 Å². The fraction of sp³-hybridized carbons (Fsp3) is 0.312. The van der Waals surface area contributed by atoms with Crippen LogP contribution in [-0.4, -0.2) is 109 Å². The first-order chi connectivity index (χ1) is 26.4. The van der Waals surface area contributed by atoms with Crippen molar-refractivity contribution in [3.63, 3.8) is 0 Å². The number of fused-ring (bicyclic) bond motifs is 2. The number of benzene rings is 1. The number of hydrazine groups is 1. The summed E-state index contributed by atoms with van der Waals surface area (Å²) < 4.78 is 1.44. The number of β-lactam (4-membered cyclic amide) rings is 1. The molecule has 0 bridgehead atoms. The van der Waals surface area contributed by atoms with Crippen LogP contribution in [0.4, 0.5) is 5.13 Å². The quantitative estimate of drug-likeness (QED) is 0.0136. The van der Waals surface area contributed by atoms with Gasteiger partial charge in [0.2, 0.25) is 5.60 Å². The number of aliphatic hydroxyl groups is 1. The summed E-state index contributed by atoms with van der Waals surface area (Å²) >= 11 is 3.42. The number of hydrogen-bond acceptors (Lipinski definition) is 19. The van der Waals surface area contributed by atoms with Gasteiger partial charge < -0.3 is 41.1 Å². The Morgan fingerprint density at radius 1 is 1.16 bits per heavy atom. The molecule has 294 valence electrons. The minimum Gasteiger partial charge on any atom is -0.543 e. The van der Waals surface area contributed by atoms with Crippen LogP contribution >= 0.6 is 34.9 Å². The maximum atomic E-state index is 13.7. The van der Waals surface area contributed by atoms with Gasteiger partial charge in [-0.15, -0.1) is 40.0 Å². The number of carboxylic acids is 1. The Kier molecular flexibility index (Phi) is 13.1. The van der Waals surface area contributed by atoms with Crippen molar-refractivity contribution in [1.82, 2.24) is 45.6 Å². The number of rotatable bonds is 12. The molecule has 21 nitrogen and oxygen atoms in total. The number of phenols is 2. The first-order valence-electron chi connectivity index (χ1n) is 16.3. The molecule has 3 atom stereocenters. The molecule has 2 unspecified atom stereocenters. The van der Waals surface area contributed by atoms with Crippen molar-refractivity contribution in [2.24, 2.45) is 5.16 Å². The molecule has 3 aromatic heterocycles. The van der Waals surface area contributed by atoms with Gasteiger partial charge in [0.25, 0.3) is 29.4 Å². The zero-order valence-corrected chi connectivity index (χ0v) is 35.1. The van der Waals surface area contributed by atoms with Crippen molar-refractivity contribution in [3.05, 3.63) is 63.7 Å². The molecule has 1 saturated heterocycles. The van der Waals surface area contributed by atoms with Crippen LogP contribution in [0.25, 0.3) is 5.78 Å². The third-order valence-electron chi connectivity index (χ3n) is 8.14. The summed E-state index contributed by atoms with van der Waals surface area (Å²) in [6.45, 7) is 5.83. The SMILES string of the molecule is Cc1cc(SCC2=C(C(=O)[O-])N3C(=O)C(NC(=O)C(=NOC(C)(C)C(=O)NNC(=O)c4ccc(O)c(O)c4)c4csc(N)n4)[C@@H]3SC2)n2nc(C(C)O)nc2n1.[Na+]. The van der Waals surface area contributed by atoms with E-state index in [4.69, 9.17) is 10.6 Å². The molecule has 4 aromatic rings. The van der Waals surface area contributed by atoms with E-state index in [2.05, 4.69) is 41.4 Å². The minimum absolute atomic E-state index is 0. The van der Waals surface area contributed by atoms with Crippen LogP contribution in [0, 0.1) is 6.92 Å². The van der Waals surface area contributed by atoms with Crippen molar-refractivity contribution in [2.45, 2.75) is 55.8 Å². The van der Waals surface area contributed by atoms with Gasteiger partial charge in [-0.1, -0.05) is 5.16 Å². The van der Waals surface area contributed by atoms with Crippen molar-refractivity contribution >= 4 is 81.1 Å². The Hall–Kier alpha value is -4.98. The van der Waals surface area contributed by atoms with Gasteiger partial charge in [0, 0.05) is 28.1 Å². The van der Waals surface area contributed by atoms with Crippen molar-refractivity contribution < 1.29 is 78.8 Å². The molecular weight excluding hydrogens is 818 g/mol. The Balaban J connectivity index is 0.00000620. The standard InChI is InChI=1S/C32H33N11O10S3.Na/c1-12-7-19(43-31(34-12)37-23(40-43)13(2)44)54-9-15-10-55-27-21(26(49)42(27)22(15)28(50)51)36-25(48)20(16-11-56-30(33)35-16)41-53-32(3,4)29(52)39-38-24(47)14-5-6-17(45)18(46)8-14;/h5-8,11,13,21,27,44-46H,9-10H2,1-4H3,(H2,33,35)(H,36,48)(H,38,47)(H,39,52)(H,50,51);/q;+1/p-1/t13?,21?,27-;/m0./s1. The molecule has 57 heavy (non-hydrogen) atoms. The van der Waals surface area contributed by atoms with Crippen LogP contribution in [-0.2, 0) is 24.0 Å². The van der Waals surface area contributed by atoms with Crippen LogP contribution in [0.15, 0.2) is 51.1 Å². The molecule has 6 rings (SSSR count). The number of aliphatic hydroxyl groups excluding tert-OH is 1. The van der Waals surface area contributed by atoms with Gasteiger partial charge in [-0.25, -0.2) is 9.97 Å². The second-order valence-electron chi connectivity index (χ2n) is 12.7. The number of anilines is 1. The number of phenolic OH excluding ortho intramolecular Hbond substituents is 2. The number of carboxylic acid groups (broad SMARTS) is 1. The molecule has 8 N–H and O–H groups in total. The number of carbonyl (C=O) groups excluding carboxylic acids is 5. The predicted molar refractivity (Wildman–Crippen MR) is 198 cm³/mol. The zero-order chi connectivity index (χ0) is 40.6. The molecule has 25 heteroatoms. The maximum absolute atomic E-state index is 13.7. The van der Waals surface area contributed by atoms with Crippen LogP contribution in [0.3, 0.4) is 0 Å². The molecule has 2 aliphatic rings. The molecule has 0 aliphatic carbocycles. The normalized spacial score (nSPS) is 17.2. The minimum atomic E-state index is -1.82. The summed E-state index contributed by atoms with van der Waals surface area (Å²) in [6.07, 6.45) is -0.939. The number of nitrogens with two attached hydrogens (primary N) is 1. The number of oxime groups is 1. The third-order valence-corrected chi connectivity index (χ3v) is 11.2. The summed E-state index contributed by atoms with van der Waals surface area (Å²) in [5.74, 6) is -5.30. The Morgan fingerprint density at radius 3 is 2.54 bits per heavy atom. The molecular formula is C32H32N11NaO10S3. The monoisotopic (exact) mass is 849 g/mol. The first-order valence-corrected chi connectivity index (χ1v) is 19.2. The Morgan fingerprint density at radius 2 is 1.89 bits per heavy atom. The van der Waals surface area contributed by atoms with E-state index in [1.54, 1.807) is 13.0 Å². The molecule has 1 fully saturated rings. The second-order valence-corrected chi connectivity index (χ2v) is 15.7. The van der Waals surface area contributed by atoms with Gasteiger partial charge in [0.15, 0.2) is 28.2 Å². The van der Waals surface area contributed by atoms with Crippen LogP contribution in [0.1, 0.15) is 54.4 Å². The number of aromatic nitrogens is 5. The average Bonchev–Trinajstić information content (AvgIpc) is 3.78. The van der Waals surface area contributed by atoms with E-state index in [-0.39, 0.29) is 74.8 Å². The molecule has 4 amide bonds. The number of aryl methyl sites for hydroxylation is 1. The van der Waals surface area contributed by atoms with Gasteiger partial charge in [0.1, 0.15) is 28.2 Å². The van der Waals surface area contributed by atoms with E-state index in [0.717, 1.165) is 28.4 Å². The third kappa shape index (κ3) is 9.11. The van der Waals surface area contributed by atoms with E-state index in [1.807, 2.05) is 0 Å². The Bertz CT molecular complexity index is 2350. The zero-order valence-electron chi connectivity index (χ0n) is 30.7. The predicted octanol–water partition coefficient (Wildman–Crippen LogP) is -3.90. The van der Waals surface area contributed by atoms with Crippen molar-refractivity contribution in [2.75, 3.05) is 17.2 Å². The number of nitrogens with one attached hydrogen (secondary N) is 3. The summed E-state index contributed by atoms with van der Waals surface area (Å²) in [4.78, 5) is 84.1. The van der Waals surface area contributed by atoms with E-state index in [1.165, 1.54) is 60.3 Å². The molecule has 1 aromatic carbocycles. The second kappa shape index (κ2) is 17.3. The number of nitrogens with zero attached hydrogens (tertiary/aromatic N) is 7. The van der Waals surface area contributed by atoms with Gasteiger partial charge in [-0.05, 0) is 57.5 Å². The molecule has 5 heterocycles. The Labute approximate surface area is 356 Å². The van der Waals surface area contributed by atoms with Crippen molar-refractivity contribution in [1.29, 1.82) is 0 Å². The smallest absolute Gasteiger partial charge is 0.543 e. The summed E-state index contributed by atoms with van der Waals surface area (Å²) in [6, 6.07) is 3.81.